The topological polar surface area (TPSA) is 65.2 Å². The Bertz CT molecular complexity index is 1490. The van der Waals surface area contributed by atoms with Crippen molar-refractivity contribution in [2.75, 3.05) is 0 Å². The maximum absolute atomic E-state index is 11.2. The summed E-state index contributed by atoms with van der Waals surface area (Å²) in [5, 5.41) is 22.5. The van der Waals surface area contributed by atoms with Crippen molar-refractivity contribution in [3.8, 4) is 11.5 Å². The quantitative estimate of drug-likeness (QED) is 0.146. The van der Waals surface area contributed by atoms with Crippen LogP contribution in [-0.4, -0.2) is 22.6 Å². The molecule has 4 aromatic carbocycles. The van der Waals surface area contributed by atoms with E-state index in [0.29, 0.717) is 11.1 Å². The number of aliphatic imine (C=N–C) groups is 2. The van der Waals surface area contributed by atoms with Gasteiger partial charge in [-0.05, 0) is 59.1 Å². The third kappa shape index (κ3) is 10.7. The molecule has 0 aliphatic heterocycles. The standard InChI is InChI=1S/C38H44N2O2.CH3.2ClH.Zr/c1-25-19-29(35(41)31(21-25)37(3,4)5)23-39-33(27-15-11-9-12-16-27)34(28-17-13-10-14-18-28)40-24-30-20-26(2)22-32(36(30)42)38(6,7)8;;;;/h9-24,33-34,41-42H,1-8H3;1H3;2*1H;/q;-1;;;+2/p-2/t33-,34-;;;;/m1..../s1. The fourth-order valence-electron chi connectivity index (χ4n) is 5.28. The first-order valence-corrected chi connectivity index (χ1v) is 21.3. The molecule has 0 radical (unpaired) electrons. The normalized spacial score (nSPS) is 13.1. The number of phenols is 2. The number of phenolic OH excluding ortho intramolecular Hbond substituents is 2. The van der Waals surface area contributed by atoms with Crippen molar-refractivity contribution in [3.63, 3.8) is 0 Å². The second-order valence-corrected chi connectivity index (χ2v) is 17.1. The third-order valence-electron chi connectivity index (χ3n) is 7.51. The van der Waals surface area contributed by atoms with Crippen LogP contribution in [0.4, 0.5) is 0 Å². The van der Waals surface area contributed by atoms with Crippen LogP contribution in [0, 0.1) is 21.3 Å². The van der Waals surface area contributed by atoms with Gasteiger partial charge in [-0.25, -0.2) is 0 Å². The molecule has 0 spiro atoms. The molecule has 0 aliphatic carbocycles. The first-order chi connectivity index (χ1) is 21.2. The number of aryl methyl sites for hydroxylation is 2. The summed E-state index contributed by atoms with van der Waals surface area (Å²) in [6, 6.07) is 27.5. The van der Waals surface area contributed by atoms with Crippen molar-refractivity contribution < 1.29 is 31.1 Å². The fourth-order valence-corrected chi connectivity index (χ4v) is 5.28. The average Bonchev–Trinajstić information content (AvgIpc) is 2.97. The van der Waals surface area contributed by atoms with Gasteiger partial charge >= 0.3 is 37.9 Å². The van der Waals surface area contributed by atoms with Gasteiger partial charge in [-0.1, -0.05) is 114 Å². The predicted molar refractivity (Wildman–Crippen MR) is 195 cm³/mol. The molecular formula is C39H47Cl2N2O2Zr-. The van der Waals surface area contributed by atoms with Crippen molar-refractivity contribution in [2.24, 2.45) is 9.98 Å². The van der Waals surface area contributed by atoms with Crippen LogP contribution in [0.1, 0.15) is 98.1 Å². The fraction of sp³-hybridized carbons (Fsp3) is 0.308. The maximum atomic E-state index is 11.2. The number of hydrogen-bond donors (Lipinski definition) is 2. The number of aromatic hydroxyl groups is 2. The molecule has 2 N–H and O–H groups in total. The summed E-state index contributed by atoms with van der Waals surface area (Å²) in [5.41, 5.74) is 6.87. The molecule has 0 bridgehead atoms. The van der Waals surface area contributed by atoms with Crippen LogP contribution in [0.5, 0.6) is 11.5 Å². The Balaban J connectivity index is 0.00000177. The van der Waals surface area contributed by atoms with Crippen LogP contribution in [0.15, 0.2) is 94.9 Å². The van der Waals surface area contributed by atoms with Crippen LogP contribution in [-0.2, 0) is 31.7 Å². The Morgan fingerprint density at radius 3 is 1.20 bits per heavy atom. The molecule has 4 rings (SSSR count). The molecule has 0 amide bonds. The summed E-state index contributed by atoms with van der Waals surface area (Å²) in [7, 11) is 9.87. The Kier molecular flexibility index (Phi) is 15.0. The van der Waals surface area contributed by atoms with Gasteiger partial charge in [0.05, 0.1) is 0 Å². The van der Waals surface area contributed by atoms with E-state index >= 15 is 0 Å². The van der Waals surface area contributed by atoms with Gasteiger partial charge in [-0.15, -0.1) is 0 Å². The van der Waals surface area contributed by atoms with Gasteiger partial charge in [0.2, 0.25) is 0 Å². The average molecular weight is 738 g/mol. The van der Waals surface area contributed by atoms with Crippen LogP contribution >= 0.6 is 17.0 Å². The molecule has 0 unspecified atom stereocenters. The molecule has 0 saturated carbocycles. The molecule has 2 atom stereocenters. The number of rotatable bonds is 7. The molecule has 244 valence electrons. The number of benzene rings is 4. The molecule has 7 heteroatoms. The summed E-state index contributed by atoms with van der Waals surface area (Å²) in [4.78, 5) is 10.2. The number of hydrogen-bond acceptors (Lipinski definition) is 4. The van der Waals surface area contributed by atoms with Crippen LogP contribution in [0.3, 0.4) is 0 Å². The summed E-state index contributed by atoms with van der Waals surface area (Å²) < 4.78 is 0. The molecule has 46 heavy (non-hydrogen) atoms. The molecular weight excluding hydrogens is 691 g/mol. The Hall–Kier alpha value is -2.72. The van der Waals surface area contributed by atoms with E-state index in [0.717, 1.165) is 33.4 Å². The van der Waals surface area contributed by atoms with E-state index in [-0.39, 0.29) is 41.8 Å². The van der Waals surface area contributed by atoms with Gasteiger partial charge in [0.25, 0.3) is 0 Å². The predicted octanol–water partition coefficient (Wildman–Crippen LogP) is 11.2. The van der Waals surface area contributed by atoms with E-state index in [1.165, 1.54) is 0 Å². The molecule has 4 aromatic rings. The zero-order valence-electron chi connectivity index (χ0n) is 28.4. The molecule has 0 saturated heterocycles. The summed E-state index contributed by atoms with van der Waals surface area (Å²) in [6.07, 6.45) is 3.56. The summed E-state index contributed by atoms with van der Waals surface area (Å²) in [5.74, 6) is 0.505. The van der Waals surface area contributed by atoms with Crippen LogP contribution in [0.2, 0.25) is 0 Å². The molecule has 0 fully saturated rings. The summed E-state index contributed by atoms with van der Waals surface area (Å²) in [6.45, 7) is 16.7. The van der Waals surface area contributed by atoms with E-state index in [2.05, 4.69) is 65.8 Å². The van der Waals surface area contributed by atoms with E-state index < -0.39 is 20.8 Å². The van der Waals surface area contributed by atoms with Crippen LogP contribution in [0.25, 0.3) is 0 Å². The Labute approximate surface area is 295 Å². The van der Waals surface area contributed by atoms with Gasteiger partial charge < -0.3 is 17.6 Å². The Morgan fingerprint density at radius 2 is 0.913 bits per heavy atom. The van der Waals surface area contributed by atoms with E-state index in [4.69, 9.17) is 27.0 Å². The van der Waals surface area contributed by atoms with Gasteiger partial charge in [0, 0.05) is 34.7 Å². The second-order valence-electron chi connectivity index (χ2n) is 13.3. The van der Waals surface area contributed by atoms with Crippen molar-refractivity contribution in [3.05, 3.63) is 137 Å². The molecule has 0 aromatic heterocycles. The Morgan fingerprint density at radius 1 is 0.609 bits per heavy atom. The first-order valence-electron chi connectivity index (χ1n) is 15.0. The van der Waals surface area contributed by atoms with E-state index in [1.807, 2.05) is 74.5 Å². The van der Waals surface area contributed by atoms with Crippen molar-refractivity contribution in [1.29, 1.82) is 0 Å². The van der Waals surface area contributed by atoms with Gasteiger partial charge in [-0.2, -0.15) is 0 Å². The zero-order valence-corrected chi connectivity index (χ0v) is 32.4. The zero-order chi connectivity index (χ0) is 33.4. The second kappa shape index (κ2) is 17.4. The monoisotopic (exact) mass is 735 g/mol. The van der Waals surface area contributed by atoms with Crippen molar-refractivity contribution in [2.45, 2.75) is 78.3 Å². The third-order valence-corrected chi connectivity index (χ3v) is 7.51. The molecule has 4 nitrogen and oxygen atoms in total. The SMILES string of the molecule is Cc1cc(C=N[C@H](c2ccccc2)[C@H](N=Cc2cc(C)cc(C(C)(C)C)c2O)c2ccccc2)c(O)c(C(C)(C)C)c1.[CH3-].[Cl][Zr][Cl]. The number of halogens is 2. The minimum atomic E-state index is -0.826. The molecule has 0 aliphatic rings. The summed E-state index contributed by atoms with van der Waals surface area (Å²) >= 11 is -0.826. The van der Waals surface area contributed by atoms with Crippen LogP contribution < -0.4 is 0 Å². The number of nitrogens with zero attached hydrogens (tertiary/aromatic N) is 2. The van der Waals surface area contributed by atoms with Crippen molar-refractivity contribution >= 4 is 29.5 Å². The molecule has 0 heterocycles. The van der Waals surface area contributed by atoms with Gasteiger partial charge in [0.15, 0.2) is 0 Å². The van der Waals surface area contributed by atoms with Crippen molar-refractivity contribution in [1.82, 2.24) is 0 Å². The van der Waals surface area contributed by atoms with Gasteiger partial charge in [-0.3, -0.25) is 9.98 Å². The van der Waals surface area contributed by atoms with E-state index in [9.17, 15) is 10.2 Å². The van der Waals surface area contributed by atoms with E-state index in [1.54, 1.807) is 12.4 Å². The minimum absolute atomic E-state index is 0. The van der Waals surface area contributed by atoms with Gasteiger partial charge in [0.1, 0.15) is 23.6 Å². The first kappa shape index (κ1) is 39.5.